The lowest BCUT2D eigenvalue weighted by Crippen LogP contribution is -2.34. The molecule has 0 fully saturated rings. The molecule has 1 heterocycles. The molecule has 0 aliphatic heterocycles. The van der Waals surface area contributed by atoms with Gasteiger partial charge < -0.3 is 4.90 Å². The first-order chi connectivity index (χ1) is 13.7. The summed E-state index contributed by atoms with van der Waals surface area (Å²) in [6, 6.07) is 7.08. The van der Waals surface area contributed by atoms with Gasteiger partial charge >= 0.3 is 5.69 Å². The number of hydrazine groups is 1. The zero-order valence-corrected chi connectivity index (χ0v) is 17.5. The van der Waals surface area contributed by atoms with E-state index in [1.807, 2.05) is 51.7 Å². The summed E-state index contributed by atoms with van der Waals surface area (Å²) in [7, 11) is 0. The second-order valence-electron chi connectivity index (χ2n) is 7.74. The van der Waals surface area contributed by atoms with Gasteiger partial charge in [0.2, 0.25) is 11.6 Å². The van der Waals surface area contributed by atoms with E-state index in [1.54, 1.807) is 12.1 Å². The zero-order valence-electron chi connectivity index (χ0n) is 17.5. The summed E-state index contributed by atoms with van der Waals surface area (Å²) in [6.45, 7) is 11.2. The molecule has 2 rings (SSSR count). The van der Waals surface area contributed by atoms with Gasteiger partial charge in [-0.25, -0.2) is 9.97 Å². The first-order valence-corrected chi connectivity index (χ1v) is 9.57. The van der Waals surface area contributed by atoms with Crippen LogP contribution in [0.3, 0.4) is 0 Å². The van der Waals surface area contributed by atoms with Gasteiger partial charge in [-0.15, -0.1) is 0 Å². The number of hydrogen-bond donors (Lipinski definition) is 2. The highest BCUT2D eigenvalue weighted by molar-refractivity contribution is 5.96. The molecule has 0 radical (unpaired) electrons. The molecule has 1 amide bonds. The van der Waals surface area contributed by atoms with Crippen LogP contribution in [0.1, 0.15) is 43.6 Å². The normalized spacial score (nSPS) is 10.9. The Hall–Kier alpha value is -3.23. The van der Waals surface area contributed by atoms with E-state index < -0.39 is 10.8 Å². The van der Waals surface area contributed by atoms with Crippen molar-refractivity contribution in [3.63, 3.8) is 0 Å². The van der Waals surface area contributed by atoms with Crippen molar-refractivity contribution in [3.05, 3.63) is 51.8 Å². The number of nitrogens with zero attached hydrogens (tertiary/aromatic N) is 4. The van der Waals surface area contributed by atoms with Gasteiger partial charge in [0.1, 0.15) is 6.33 Å². The van der Waals surface area contributed by atoms with E-state index in [1.165, 1.54) is 6.33 Å². The minimum Gasteiger partial charge on any atom is -0.350 e. The van der Waals surface area contributed by atoms with E-state index >= 15 is 0 Å². The molecule has 1 aromatic carbocycles. The number of rotatable bonds is 9. The van der Waals surface area contributed by atoms with E-state index in [2.05, 4.69) is 20.8 Å². The van der Waals surface area contributed by atoms with Crippen molar-refractivity contribution >= 4 is 23.2 Å². The SMILES string of the molecule is Cc1ccccc1C(=O)NNc1ncnc(N(CC(C)C)CC(C)C)c1[N+](=O)[O-]. The van der Waals surface area contributed by atoms with Crippen LogP contribution in [0, 0.1) is 28.9 Å². The van der Waals surface area contributed by atoms with Crippen LogP contribution in [0.4, 0.5) is 17.3 Å². The van der Waals surface area contributed by atoms with Gasteiger partial charge in [0.15, 0.2) is 0 Å². The first kappa shape index (κ1) is 22.1. The summed E-state index contributed by atoms with van der Waals surface area (Å²) >= 11 is 0. The lowest BCUT2D eigenvalue weighted by molar-refractivity contribution is -0.383. The molecule has 1 aromatic heterocycles. The minimum absolute atomic E-state index is 0.0561. The number of nitrogens with one attached hydrogen (secondary N) is 2. The zero-order chi connectivity index (χ0) is 21.6. The highest BCUT2D eigenvalue weighted by Crippen LogP contribution is 2.32. The second kappa shape index (κ2) is 9.81. The van der Waals surface area contributed by atoms with Gasteiger partial charge in [-0.1, -0.05) is 45.9 Å². The summed E-state index contributed by atoms with van der Waals surface area (Å²) in [6.07, 6.45) is 1.26. The van der Waals surface area contributed by atoms with Crippen LogP contribution in [0.5, 0.6) is 0 Å². The average Bonchev–Trinajstić information content (AvgIpc) is 2.64. The summed E-state index contributed by atoms with van der Waals surface area (Å²) in [5.41, 5.74) is 6.10. The molecule has 29 heavy (non-hydrogen) atoms. The van der Waals surface area contributed by atoms with Gasteiger partial charge in [0.05, 0.1) is 4.92 Å². The molecule has 0 bridgehead atoms. The predicted molar refractivity (Wildman–Crippen MR) is 113 cm³/mol. The number of amides is 1. The third-order valence-corrected chi connectivity index (χ3v) is 4.14. The molecule has 0 saturated heterocycles. The van der Waals surface area contributed by atoms with E-state index in [0.717, 1.165) is 5.56 Å². The standard InChI is InChI=1S/C20H28N6O3/c1-13(2)10-25(11-14(3)4)19-17(26(28)29)18(21-12-22-19)23-24-20(27)16-9-7-6-8-15(16)5/h6-9,12-14H,10-11H2,1-5H3,(H,24,27)(H,21,22,23). The fourth-order valence-electron chi connectivity index (χ4n) is 3.00. The summed E-state index contributed by atoms with van der Waals surface area (Å²) < 4.78 is 0. The Morgan fingerprint density at radius 2 is 1.76 bits per heavy atom. The molecule has 0 unspecified atom stereocenters. The highest BCUT2D eigenvalue weighted by atomic mass is 16.6. The molecule has 156 valence electrons. The minimum atomic E-state index is -0.523. The third-order valence-electron chi connectivity index (χ3n) is 4.14. The Bertz CT molecular complexity index is 859. The maximum atomic E-state index is 12.4. The molecular formula is C20H28N6O3. The van der Waals surface area contributed by atoms with Crippen LogP contribution >= 0.6 is 0 Å². The molecule has 0 atom stereocenters. The summed E-state index contributed by atoms with van der Waals surface area (Å²) in [4.78, 5) is 33.8. The number of carbonyl (C=O) groups is 1. The Morgan fingerprint density at radius 1 is 1.14 bits per heavy atom. The van der Waals surface area contributed by atoms with E-state index in [4.69, 9.17) is 0 Å². The topological polar surface area (TPSA) is 113 Å². The monoisotopic (exact) mass is 400 g/mol. The second-order valence-corrected chi connectivity index (χ2v) is 7.74. The Morgan fingerprint density at radius 3 is 2.31 bits per heavy atom. The lowest BCUT2D eigenvalue weighted by Gasteiger charge is -2.27. The Balaban J connectivity index is 2.33. The molecule has 2 N–H and O–H groups in total. The smallest absolute Gasteiger partial charge is 0.350 e. The molecule has 0 aliphatic carbocycles. The van der Waals surface area contributed by atoms with Crippen LogP contribution in [-0.2, 0) is 0 Å². The highest BCUT2D eigenvalue weighted by Gasteiger charge is 2.28. The van der Waals surface area contributed by atoms with Gasteiger partial charge in [0.25, 0.3) is 5.91 Å². The molecule has 9 heteroatoms. The predicted octanol–water partition coefficient (Wildman–Crippen LogP) is 3.57. The summed E-state index contributed by atoms with van der Waals surface area (Å²) in [5.74, 6) is 0.360. The van der Waals surface area contributed by atoms with Crippen LogP contribution in [0.25, 0.3) is 0 Å². The van der Waals surface area contributed by atoms with Gasteiger partial charge in [-0.2, -0.15) is 0 Å². The average molecular weight is 400 g/mol. The molecule has 0 spiro atoms. The van der Waals surface area contributed by atoms with Crippen molar-refractivity contribution in [2.24, 2.45) is 11.8 Å². The number of aryl methyl sites for hydroxylation is 1. The van der Waals surface area contributed by atoms with Crippen molar-refractivity contribution in [1.29, 1.82) is 0 Å². The number of nitro groups is 1. The fraction of sp³-hybridized carbons (Fsp3) is 0.450. The van der Waals surface area contributed by atoms with Crippen LogP contribution in [0.2, 0.25) is 0 Å². The maximum Gasteiger partial charge on any atom is 0.355 e. The number of carbonyl (C=O) groups excluding carboxylic acids is 1. The van der Waals surface area contributed by atoms with Crippen molar-refractivity contribution in [1.82, 2.24) is 15.4 Å². The summed E-state index contributed by atoms with van der Waals surface area (Å²) in [5, 5.41) is 11.8. The van der Waals surface area contributed by atoms with Crippen LogP contribution in [-0.4, -0.2) is 33.9 Å². The Kier molecular flexibility index (Phi) is 7.46. The molecule has 9 nitrogen and oxygen atoms in total. The number of aromatic nitrogens is 2. The van der Waals surface area contributed by atoms with Gasteiger partial charge in [0, 0.05) is 18.7 Å². The molecule has 0 aliphatic rings. The van der Waals surface area contributed by atoms with Gasteiger partial charge in [-0.3, -0.25) is 25.8 Å². The molecule has 0 saturated carbocycles. The number of anilines is 2. The number of hydrogen-bond acceptors (Lipinski definition) is 7. The number of benzene rings is 1. The quantitative estimate of drug-likeness (QED) is 0.488. The van der Waals surface area contributed by atoms with Gasteiger partial charge in [-0.05, 0) is 30.4 Å². The van der Waals surface area contributed by atoms with Crippen molar-refractivity contribution < 1.29 is 9.72 Å². The molecular weight excluding hydrogens is 372 g/mol. The van der Waals surface area contributed by atoms with E-state index in [0.29, 0.717) is 30.5 Å². The van der Waals surface area contributed by atoms with E-state index in [9.17, 15) is 14.9 Å². The largest absolute Gasteiger partial charge is 0.355 e. The van der Waals surface area contributed by atoms with Crippen LogP contribution < -0.4 is 15.8 Å². The lowest BCUT2D eigenvalue weighted by atomic mass is 10.1. The first-order valence-electron chi connectivity index (χ1n) is 9.57. The fourth-order valence-corrected chi connectivity index (χ4v) is 3.00. The van der Waals surface area contributed by atoms with Crippen LogP contribution in [0.15, 0.2) is 30.6 Å². The Labute approximate surface area is 170 Å². The van der Waals surface area contributed by atoms with Crippen molar-refractivity contribution in [2.75, 3.05) is 23.4 Å². The van der Waals surface area contributed by atoms with Crippen molar-refractivity contribution in [3.8, 4) is 0 Å². The van der Waals surface area contributed by atoms with Crippen molar-refractivity contribution in [2.45, 2.75) is 34.6 Å². The maximum absolute atomic E-state index is 12.4. The third kappa shape index (κ3) is 5.87. The molecule has 2 aromatic rings. The van der Waals surface area contributed by atoms with E-state index in [-0.39, 0.29) is 17.3 Å².